The lowest BCUT2D eigenvalue weighted by Crippen LogP contribution is -2.51. The van der Waals surface area contributed by atoms with Crippen molar-refractivity contribution in [2.45, 2.75) is 39.8 Å². The normalized spacial score (nSPS) is 16.4. The average molecular weight is 505 g/mol. The van der Waals surface area contributed by atoms with Gasteiger partial charge in [0.2, 0.25) is 5.88 Å². The van der Waals surface area contributed by atoms with Crippen molar-refractivity contribution in [1.82, 2.24) is 20.5 Å². The van der Waals surface area contributed by atoms with Crippen molar-refractivity contribution in [3.63, 3.8) is 0 Å². The summed E-state index contributed by atoms with van der Waals surface area (Å²) in [4.78, 5) is 11.6. The van der Waals surface area contributed by atoms with Crippen molar-refractivity contribution < 1.29 is 9.47 Å². The Morgan fingerprint density at radius 2 is 2.04 bits per heavy atom. The molecule has 1 saturated heterocycles. The molecule has 0 saturated carbocycles. The lowest BCUT2D eigenvalue weighted by atomic mass is 10.0. The molecule has 0 amide bonds. The summed E-state index contributed by atoms with van der Waals surface area (Å²) >= 11 is 0. The summed E-state index contributed by atoms with van der Waals surface area (Å²) < 4.78 is 10.7. The van der Waals surface area contributed by atoms with Crippen LogP contribution >= 0.6 is 24.0 Å². The summed E-state index contributed by atoms with van der Waals surface area (Å²) in [6, 6.07) is 6.22. The van der Waals surface area contributed by atoms with E-state index >= 15 is 0 Å². The molecule has 0 spiro atoms. The number of hydrogen-bond acceptors (Lipinski definition) is 5. The number of rotatable bonds is 9. The zero-order chi connectivity index (χ0) is 19.5. The van der Waals surface area contributed by atoms with Crippen LogP contribution in [0.1, 0.15) is 32.9 Å². The summed E-state index contributed by atoms with van der Waals surface area (Å²) in [6.45, 7) is 12.5. The first-order chi connectivity index (χ1) is 13.1. The molecule has 1 aromatic rings. The summed E-state index contributed by atoms with van der Waals surface area (Å²) in [7, 11) is 1.63. The maximum absolute atomic E-state index is 5.51. The van der Waals surface area contributed by atoms with Crippen molar-refractivity contribution in [3.8, 4) is 5.88 Å². The van der Waals surface area contributed by atoms with Gasteiger partial charge < -0.3 is 20.1 Å². The van der Waals surface area contributed by atoms with Gasteiger partial charge in [-0.05, 0) is 25.3 Å². The maximum Gasteiger partial charge on any atom is 0.213 e. The topological polar surface area (TPSA) is 71.0 Å². The van der Waals surface area contributed by atoms with Gasteiger partial charge in [-0.1, -0.05) is 19.9 Å². The third-order valence-corrected chi connectivity index (χ3v) is 4.54. The third kappa shape index (κ3) is 8.91. The zero-order valence-electron chi connectivity index (χ0n) is 17.6. The number of hydrogen-bond donors (Lipinski definition) is 2. The van der Waals surface area contributed by atoms with E-state index in [2.05, 4.69) is 46.3 Å². The Balaban J connectivity index is 0.00000392. The van der Waals surface area contributed by atoms with Crippen LogP contribution in [0.5, 0.6) is 5.88 Å². The van der Waals surface area contributed by atoms with E-state index in [1.807, 2.05) is 18.2 Å². The van der Waals surface area contributed by atoms with Gasteiger partial charge in [0.1, 0.15) is 0 Å². The Hall–Kier alpha value is -1.13. The van der Waals surface area contributed by atoms with Gasteiger partial charge in [-0.3, -0.25) is 4.90 Å². The van der Waals surface area contributed by atoms with E-state index in [4.69, 9.17) is 9.47 Å². The summed E-state index contributed by atoms with van der Waals surface area (Å²) in [5.41, 5.74) is 0.887. The van der Waals surface area contributed by atoms with E-state index in [9.17, 15) is 0 Å². The van der Waals surface area contributed by atoms with Gasteiger partial charge in [0.15, 0.2) is 5.96 Å². The van der Waals surface area contributed by atoms with Crippen molar-refractivity contribution in [2.24, 2.45) is 10.9 Å². The minimum Gasteiger partial charge on any atom is -0.481 e. The predicted molar refractivity (Wildman–Crippen MR) is 125 cm³/mol. The second-order valence-electron chi connectivity index (χ2n) is 7.18. The first-order valence-corrected chi connectivity index (χ1v) is 9.96. The molecule has 0 aromatic carbocycles. The Labute approximate surface area is 186 Å². The fraction of sp³-hybridized carbons (Fsp3) is 0.700. The van der Waals surface area contributed by atoms with Crippen LogP contribution in [0.3, 0.4) is 0 Å². The number of aromatic nitrogens is 1. The van der Waals surface area contributed by atoms with Crippen molar-refractivity contribution in [3.05, 3.63) is 23.9 Å². The first-order valence-electron chi connectivity index (χ1n) is 9.96. The molecule has 1 aliphatic heterocycles. The fourth-order valence-electron chi connectivity index (χ4n) is 3.22. The summed E-state index contributed by atoms with van der Waals surface area (Å²) in [6.07, 6.45) is 1.16. The molecule has 1 aromatic heterocycles. The van der Waals surface area contributed by atoms with Crippen LogP contribution in [-0.2, 0) is 11.3 Å². The highest BCUT2D eigenvalue weighted by Crippen LogP contribution is 2.13. The van der Waals surface area contributed by atoms with E-state index in [1.165, 1.54) is 0 Å². The molecular weight excluding hydrogens is 469 g/mol. The van der Waals surface area contributed by atoms with E-state index in [0.29, 0.717) is 24.4 Å². The SMILES string of the molecule is CCNC(=NCc1cccc(OC)n1)NCC(CC(C)C)N1CCOCC1.I. The number of methoxy groups -OCH3 is 1. The minimum atomic E-state index is 0. The first kappa shape index (κ1) is 24.9. The van der Waals surface area contributed by atoms with Gasteiger partial charge in [-0.2, -0.15) is 0 Å². The molecule has 7 nitrogen and oxygen atoms in total. The highest BCUT2D eigenvalue weighted by molar-refractivity contribution is 14.0. The zero-order valence-corrected chi connectivity index (χ0v) is 19.9. The predicted octanol–water partition coefficient (Wildman–Crippen LogP) is 2.51. The molecule has 1 atom stereocenters. The van der Waals surface area contributed by atoms with Crippen LogP contribution in [0.4, 0.5) is 0 Å². The van der Waals surface area contributed by atoms with E-state index in [1.54, 1.807) is 7.11 Å². The van der Waals surface area contributed by atoms with Crippen molar-refractivity contribution in [2.75, 3.05) is 46.5 Å². The molecule has 160 valence electrons. The molecule has 2 rings (SSSR count). The van der Waals surface area contributed by atoms with Gasteiger partial charge in [-0.25, -0.2) is 9.98 Å². The van der Waals surface area contributed by atoms with E-state index in [-0.39, 0.29) is 24.0 Å². The van der Waals surface area contributed by atoms with Crippen molar-refractivity contribution >= 4 is 29.9 Å². The Morgan fingerprint density at radius 3 is 2.68 bits per heavy atom. The molecule has 2 N–H and O–H groups in total. The molecule has 0 radical (unpaired) electrons. The summed E-state index contributed by atoms with van der Waals surface area (Å²) in [5, 5.41) is 6.85. The highest BCUT2D eigenvalue weighted by Gasteiger charge is 2.22. The molecule has 1 fully saturated rings. The van der Waals surface area contributed by atoms with E-state index < -0.39 is 0 Å². The van der Waals surface area contributed by atoms with Gasteiger partial charge in [0, 0.05) is 38.3 Å². The van der Waals surface area contributed by atoms with Gasteiger partial charge >= 0.3 is 0 Å². The lowest BCUT2D eigenvalue weighted by Gasteiger charge is -2.35. The Bertz CT molecular complexity index is 579. The maximum atomic E-state index is 5.51. The molecule has 8 heteroatoms. The monoisotopic (exact) mass is 505 g/mol. The van der Waals surface area contributed by atoms with E-state index in [0.717, 1.165) is 57.5 Å². The minimum absolute atomic E-state index is 0. The van der Waals surface area contributed by atoms with Gasteiger partial charge in [-0.15, -0.1) is 24.0 Å². The lowest BCUT2D eigenvalue weighted by molar-refractivity contribution is 0.0132. The number of nitrogens with zero attached hydrogens (tertiary/aromatic N) is 3. The number of pyridine rings is 1. The molecule has 2 heterocycles. The van der Waals surface area contributed by atoms with Crippen LogP contribution < -0.4 is 15.4 Å². The second-order valence-corrected chi connectivity index (χ2v) is 7.18. The Kier molecular flexibility index (Phi) is 12.4. The largest absolute Gasteiger partial charge is 0.481 e. The van der Waals surface area contributed by atoms with Crippen LogP contribution in [0, 0.1) is 5.92 Å². The number of nitrogens with one attached hydrogen (secondary N) is 2. The van der Waals surface area contributed by atoms with Crippen LogP contribution in [-0.4, -0.2) is 68.4 Å². The van der Waals surface area contributed by atoms with Crippen LogP contribution in [0.2, 0.25) is 0 Å². The number of halogens is 1. The van der Waals surface area contributed by atoms with Crippen molar-refractivity contribution in [1.29, 1.82) is 0 Å². The summed E-state index contributed by atoms with van der Waals surface area (Å²) in [5.74, 6) is 2.09. The van der Waals surface area contributed by atoms with Gasteiger partial charge in [0.25, 0.3) is 0 Å². The highest BCUT2D eigenvalue weighted by atomic mass is 127. The molecule has 28 heavy (non-hydrogen) atoms. The second kappa shape index (κ2) is 13.9. The number of morpholine rings is 1. The third-order valence-electron chi connectivity index (χ3n) is 4.54. The van der Waals surface area contributed by atoms with Crippen LogP contribution in [0.25, 0.3) is 0 Å². The smallest absolute Gasteiger partial charge is 0.213 e. The molecule has 1 aliphatic rings. The molecular formula is C20H36IN5O2. The number of aliphatic imine (C=N–C) groups is 1. The van der Waals surface area contributed by atoms with Gasteiger partial charge in [0.05, 0.1) is 32.6 Å². The molecule has 0 aliphatic carbocycles. The molecule has 1 unspecified atom stereocenters. The molecule has 0 bridgehead atoms. The average Bonchev–Trinajstić information content (AvgIpc) is 2.69. The number of guanidine groups is 1. The quantitative estimate of drug-likeness (QED) is 0.306. The fourth-order valence-corrected chi connectivity index (χ4v) is 3.22. The standard InChI is InChI=1S/C20H35N5O2.HI/c1-5-21-20(22-14-17-7-6-8-19(24-17)26-4)23-15-18(13-16(2)3)25-9-11-27-12-10-25;/h6-8,16,18H,5,9-15H2,1-4H3,(H2,21,22,23);1H. The number of ether oxygens (including phenoxy) is 2. The Morgan fingerprint density at radius 1 is 1.29 bits per heavy atom. The van der Waals surface area contributed by atoms with Crippen LogP contribution in [0.15, 0.2) is 23.2 Å².